The minimum Gasteiger partial charge on any atom is -0.484 e. The highest BCUT2D eigenvalue weighted by Crippen LogP contribution is 2.16. The van der Waals surface area contributed by atoms with Crippen LogP contribution < -0.4 is 15.8 Å². The number of rotatable bonds is 4. The summed E-state index contributed by atoms with van der Waals surface area (Å²) >= 11 is 0. The molecule has 6 heteroatoms. The van der Waals surface area contributed by atoms with Crippen LogP contribution in [-0.2, 0) is 4.79 Å². The number of nitrogen functional groups attached to an aromatic ring is 1. The van der Waals surface area contributed by atoms with Gasteiger partial charge in [-0.1, -0.05) is 6.07 Å². The van der Waals surface area contributed by atoms with Crippen molar-refractivity contribution >= 4 is 17.3 Å². The molecule has 2 rings (SSSR count). The fourth-order valence-corrected chi connectivity index (χ4v) is 1.52. The Bertz CT molecular complexity index is 632. The third-order valence-corrected chi connectivity index (χ3v) is 2.45. The highest BCUT2D eigenvalue weighted by molar-refractivity contribution is 5.92. The third kappa shape index (κ3) is 3.68. The molecule has 2 aromatic carbocycles. The Morgan fingerprint density at radius 1 is 1.20 bits per heavy atom. The SMILES string of the molecule is Nc1cc(NC(=O)COc2cccc(F)c2)ccc1F. The molecule has 0 unspecified atom stereocenters. The molecule has 0 radical (unpaired) electrons. The molecule has 0 saturated carbocycles. The molecule has 0 heterocycles. The van der Waals surface area contributed by atoms with E-state index in [1.54, 1.807) is 0 Å². The van der Waals surface area contributed by atoms with Gasteiger partial charge in [0.15, 0.2) is 6.61 Å². The van der Waals surface area contributed by atoms with Gasteiger partial charge in [-0.25, -0.2) is 8.78 Å². The first-order valence-corrected chi connectivity index (χ1v) is 5.78. The number of amides is 1. The maximum Gasteiger partial charge on any atom is 0.262 e. The van der Waals surface area contributed by atoms with Crippen molar-refractivity contribution in [3.8, 4) is 5.75 Å². The molecule has 0 bridgehead atoms. The Kier molecular flexibility index (Phi) is 4.14. The van der Waals surface area contributed by atoms with E-state index in [4.69, 9.17) is 10.5 Å². The number of carbonyl (C=O) groups excluding carboxylic acids is 1. The fraction of sp³-hybridized carbons (Fsp3) is 0.0714. The molecule has 0 spiro atoms. The number of hydrogen-bond donors (Lipinski definition) is 2. The Morgan fingerprint density at radius 3 is 2.70 bits per heavy atom. The van der Waals surface area contributed by atoms with Gasteiger partial charge in [0, 0.05) is 11.8 Å². The van der Waals surface area contributed by atoms with E-state index in [0.717, 1.165) is 6.07 Å². The second kappa shape index (κ2) is 6.01. The van der Waals surface area contributed by atoms with Crippen LogP contribution in [0.3, 0.4) is 0 Å². The van der Waals surface area contributed by atoms with Gasteiger partial charge in [0.2, 0.25) is 0 Å². The number of halogens is 2. The van der Waals surface area contributed by atoms with E-state index in [1.165, 1.54) is 36.4 Å². The van der Waals surface area contributed by atoms with Crippen molar-refractivity contribution in [1.29, 1.82) is 0 Å². The zero-order chi connectivity index (χ0) is 14.5. The van der Waals surface area contributed by atoms with Crippen LogP contribution in [0.2, 0.25) is 0 Å². The van der Waals surface area contributed by atoms with E-state index in [9.17, 15) is 13.6 Å². The Hall–Kier alpha value is -2.63. The number of ether oxygens (including phenoxy) is 1. The molecule has 20 heavy (non-hydrogen) atoms. The first-order chi connectivity index (χ1) is 9.54. The zero-order valence-electron chi connectivity index (χ0n) is 10.4. The Labute approximate surface area is 114 Å². The van der Waals surface area contributed by atoms with Crippen LogP contribution in [0.5, 0.6) is 5.75 Å². The lowest BCUT2D eigenvalue weighted by Gasteiger charge is -2.08. The molecule has 0 aromatic heterocycles. The van der Waals surface area contributed by atoms with Crippen molar-refractivity contribution in [2.45, 2.75) is 0 Å². The minimum atomic E-state index is -0.556. The second-order valence-electron chi connectivity index (χ2n) is 4.03. The van der Waals surface area contributed by atoms with Crippen LogP contribution in [-0.4, -0.2) is 12.5 Å². The molecule has 1 amide bonds. The molecule has 4 nitrogen and oxygen atoms in total. The van der Waals surface area contributed by atoms with Crippen LogP contribution >= 0.6 is 0 Å². The van der Waals surface area contributed by atoms with Crippen LogP contribution in [0.15, 0.2) is 42.5 Å². The van der Waals surface area contributed by atoms with Crippen molar-refractivity contribution in [2.75, 3.05) is 17.7 Å². The Morgan fingerprint density at radius 2 is 2.00 bits per heavy atom. The molecule has 0 fully saturated rings. The fourth-order valence-electron chi connectivity index (χ4n) is 1.52. The second-order valence-corrected chi connectivity index (χ2v) is 4.03. The monoisotopic (exact) mass is 278 g/mol. The average molecular weight is 278 g/mol. The molecule has 2 aromatic rings. The molecule has 0 aliphatic rings. The number of nitrogens with two attached hydrogens (primary N) is 1. The van der Waals surface area contributed by atoms with Gasteiger partial charge in [-0.3, -0.25) is 4.79 Å². The standard InChI is InChI=1S/C14H12F2N2O2/c15-9-2-1-3-11(6-9)20-8-14(19)18-10-4-5-12(16)13(17)7-10/h1-7H,8,17H2,(H,18,19). The smallest absolute Gasteiger partial charge is 0.262 e. The molecule has 0 atom stereocenters. The van der Waals surface area contributed by atoms with Gasteiger partial charge in [-0.2, -0.15) is 0 Å². The van der Waals surface area contributed by atoms with Gasteiger partial charge in [0.1, 0.15) is 17.4 Å². The number of hydrogen-bond acceptors (Lipinski definition) is 3. The largest absolute Gasteiger partial charge is 0.484 e. The molecule has 104 valence electrons. The summed E-state index contributed by atoms with van der Waals surface area (Å²) in [5.74, 6) is -1.22. The predicted octanol–water partition coefficient (Wildman–Crippen LogP) is 2.56. The van der Waals surface area contributed by atoms with E-state index < -0.39 is 17.5 Å². The first-order valence-electron chi connectivity index (χ1n) is 5.78. The quantitative estimate of drug-likeness (QED) is 0.845. The normalized spacial score (nSPS) is 10.1. The first kappa shape index (κ1) is 13.8. The lowest BCUT2D eigenvalue weighted by molar-refractivity contribution is -0.118. The van der Waals surface area contributed by atoms with E-state index in [-0.39, 0.29) is 18.0 Å². The van der Waals surface area contributed by atoms with Crippen molar-refractivity contribution in [1.82, 2.24) is 0 Å². The molecule has 3 N–H and O–H groups in total. The molecular formula is C14H12F2N2O2. The van der Waals surface area contributed by atoms with Gasteiger partial charge < -0.3 is 15.8 Å². The number of benzene rings is 2. The minimum absolute atomic E-state index is 0.0613. The topological polar surface area (TPSA) is 64.3 Å². The van der Waals surface area contributed by atoms with Gasteiger partial charge in [-0.15, -0.1) is 0 Å². The maximum atomic E-state index is 12.9. The van der Waals surface area contributed by atoms with E-state index in [0.29, 0.717) is 5.69 Å². The van der Waals surface area contributed by atoms with Crippen molar-refractivity contribution in [3.63, 3.8) is 0 Å². The lowest BCUT2D eigenvalue weighted by atomic mass is 10.2. The summed E-state index contributed by atoms with van der Waals surface area (Å²) < 4.78 is 31.0. The highest BCUT2D eigenvalue weighted by Gasteiger charge is 2.06. The summed E-state index contributed by atoms with van der Waals surface area (Å²) in [4.78, 5) is 11.6. The highest BCUT2D eigenvalue weighted by atomic mass is 19.1. The lowest BCUT2D eigenvalue weighted by Crippen LogP contribution is -2.20. The van der Waals surface area contributed by atoms with Gasteiger partial charge >= 0.3 is 0 Å². The summed E-state index contributed by atoms with van der Waals surface area (Å²) in [6.45, 7) is -0.291. The van der Waals surface area contributed by atoms with Crippen LogP contribution in [0.1, 0.15) is 0 Å². The van der Waals surface area contributed by atoms with Gasteiger partial charge in [0.05, 0.1) is 5.69 Å². The summed E-state index contributed by atoms with van der Waals surface area (Å²) in [7, 11) is 0. The molecule has 0 aliphatic heterocycles. The molecule has 0 saturated heterocycles. The number of nitrogens with one attached hydrogen (secondary N) is 1. The summed E-state index contributed by atoms with van der Waals surface area (Å²) in [6.07, 6.45) is 0. The molecular weight excluding hydrogens is 266 g/mol. The van der Waals surface area contributed by atoms with Crippen LogP contribution in [0, 0.1) is 11.6 Å². The zero-order valence-corrected chi connectivity index (χ0v) is 10.4. The van der Waals surface area contributed by atoms with Crippen LogP contribution in [0.25, 0.3) is 0 Å². The van der Waals surface area contributed by atoms with E-state index >= 15 is 0 Å². The molecule has 0 aliphatic carbocycles. The predicted molar refractivity (Wildman–Crippen MR) is 71.3 cm³/mol. The summed E-state index contributed by atoms with van der Waals surface area (Å²) in [6, 6.07) is 9.28. The van der Waals surface area contributed by atoms with Gasteiger partial charge in [-0.05, 0) is 30.3 Å². The van der Waals surface area contributed by atoms with Crippen molar-refractivity contribution in [3.05, 3.63) is 54.1 Å². The van der Waals surface area contributed by atoms with Crippen molar-refractivity contribution in [2.24, 2.45) is 0 Å². The summed E-state index contributed by atoms with van der Waals surface area (Å²) in [5, 5.41) is 2.49. The summed E-state index contributed by atoms with van der Waals surface area (Å²) in [5.41, 5.74) is 5.68. The van der Waals surface area contributed by atoms with Crippen molar-refractivity contribution < 1.29 is 18.3 Å². The van der Waals surface area contributed by atoms with E-state index in [1.807, 2.05) is 0 Å². The number of carbonyl (C=O) groups is 1. The average Bonchev–Trinajstić information content (AvgIpc) is 2.41. The third-order valence-electron chi connectivity index (χ3n) is 2.45. The van der Waals surface area contributed by atoms with E-state index in [2.05, 4.69) is 5.32 Å². The van der Waals surface area contributed by atoms with Gasteiger partial charge in [0.25, 0.3) is 5.91 Å². The maximum absolute atomic E-state index is 12.9. The van der Waals surface area contributed by atoms with Crippen LogP contribution in [0.4, 0.5) is 20.2 Å². The Balaban J connectivity index is 1.91. The number of anilines is 2.